The number of aromatic amines is 1. The number of anilines is 2. The molecule has 0 radical (unpaired) electrons. The zero-order chi connectivity index (χ0) is 31.8. The molecular formula is C22H26FN10O9PS2. The average Bonchev–Trinajstić information content (AvgIpc) is 3.71. The lowest BCUT2D eigenvalue weighted by Gasteiger charge is -2.26. The van der Waals surface area contributed by atoms with E-state index in [1.165, 1.54) is 21.8 Å². The minimum Gasteiger partial charge on any atom is -0.383 e. The van der Waals surface area contributed by atoms with Crippen molar-refractivity contribution >= 4 is 62.8 Å². The Bertz CT molecular complexity index is 2020. The molecule has 0 saturated carbocycles. The van der Waals surface area contributed by atoms with Crippen molar-refractivity contribution in [3.05, 3.63) is 34.8 Å². The summed E-state index contributed by atoms with van der Waals surface area (Å²) in [5, 5.41) is 0.485. The molecule has 0 spiro atoms. The van der Waals surface area contributed by atoms with Gasteiger partial charge >= 0.3 is 17.0 Å². The number of imidazole rings is 1. The van der Waals surface area contributed by atoms with Gasteiger partial charge in [-0.05, 0) is 24.3 Å². The summed E-state index contributed by atoms with van der Waals surface area (Å²) in [7, 11) is -4.55. The third kappa shape index (κ3) is 5.49. The number of nitrogens with one attached hydrogen (secondary N) is 2. The summed E-state index contributed by atoms with van der Waals surface area (Å²) >= 11 is 5.20. The first-order valence-corrected chi connectivity index (χ1v) is 17.4. The van der Waals surface area contributed by atoms with Crippen molar-refractivity contribution in [3.8, 4) is 0 Å². The molecule has 0 amide bonds. The van der Waals surface area contributed by atoms with Gasteiger partial charge in [0.25, 0.3) is 5.56 Å². The van der Waals surface area contributed by atoms with Crippen LogP contribution in [0.15, 0.2) is 23.6 Å². The molecule has 7 rings (SSSR count). The van der Waals surface area contributed by atoms with Gasteiger partial charge < -0.3 is 34.9 Å². The Morgan fingerprint density at radius 2 is 1.96 bits per heavy atom. The summed E-state index contributed by atoms with van der Waals surface area (Å²) < 4.78 is 76.0. The smallest absolute Gasteiger partial charge is 0.336 e. The molecule has 242 valence electrons. The van der Waals surface area contributed by atoms with E-state index in [1.54, 1.807) is 13.1 Å². The lowest BCUT2D eigenvalue weighted by Crippen LogP contribution is -2.42. The van der Waals surface area contributed by atoms with Crippen LogP contribution in [0.4, 0.5) is 16.2 Å². The monoisotopic (exact) mass is 688 g/mol. The highest BCUT2D eigenvalue weighted by Gasteiger charge is 2.51. The van der Waals surface area contributed by atoms with Crippen LogP contribution >= 0.6 is 6.72 Å². The number of rotatable bonds is 2. The lowest BCUT2D eigenvalue weighted by atomic mass is 10.1. The van der Waals surface area contributed by atoms with E-state index in [0.29, 0.717) is 10.9 Å². The molecule has 3 saturated heterocycles. The largest absolute Gasteiger partial charge is 0.383 e. The third-order valence-electron chi connectivity index (χ3n) is 7.63. The van der Waals surface area contributed by atoms with Gasteiger partial charge in [-0.3, -0.25) is 18.9 Å². The van der Waals surface area contributed by atoms with E-state index >= 15 is 4.39 Å². The predicted octanol–water partition coefficient (Wildman–Crippen LogP) is -0.588. The Kier molecular flexibility index (Phi) is 7.43. The van der Waals surface area contributed by atoms with Gasteiger partial charge in [0.15, 0.2) is 29.8 Å². The molecule has 4 aromatic rings. The maximum atomic E-state index is 16.1. The number of ether oxygens (including phenoxy) is 2. The molecule has 4 aromatic heterocycles. The van der Waals surface area contributed by atoms with Crippen molar-refractivity contribution in [2.75, 3.05) is 24.6 Å². The number of nitrogens with zero attached hydrogens (tertiary/aromatic N) is 6. The summed E-state index contributed by atoms with van der Waals surface area (Å²) in [6.45, 7) is -3.35. The van der Waals surface area contributed by atoms with Gasteiger partial charge in [0.1, 0.15) is 36.1 Å². The number of aryl methyl sites for hydroxylation is 1. The molecule has 3 aliphatic heterocycles. The first-order chi connectivity index (χ1) is 21.3. The van der Waals surface area contributed by atoms with E-state index in [4.69, 9.17) is 46.0 Å². The molecule has 3 fully saturated rings. The number of aromatic nitrogens is 7. The van der Waals surface area contributed by atoms with E-state index in [1.807, 2.05) is 0 Å². The van der Waals surface area contributed by atoms with Crippen LogP contribution < -0.4 is 21.7 Å². The lowest BCUT2D eigenvalue weighted by molar-refractivity contribution is -0.0454. The minimum absolute atomic E-state index is 0.0144. The Balaban J connectivity index is 1.20. The Labute approximate surface area is 257 Å². The van der Waals surface area contributed by atoms with Gasteiger partial charge in [-0.15, -0.1) is 0 Å². The fraction of sp³-hybridized carbons (Fsp3) is 0.500. The molecule has 2 bridgehead atoms. The predicted molar refractivity (Wildman–Crippen MR) is 156 cm³/mol. The second kappa shape index (κ2) is 11.0. The van der Waals surface area contributed by atoms with Crippen molar-refractivity contribution in [2.45, 2.75) is 56.4 Å². The molecule has 23 heteroatoms. The van der Waals surface area contributed by atoms with Gasteiger partial charge in [-0.25, -0.2) is 23.5 Å². The van der Waals surface area contributed by atoms with Crippen molar-refractivity contribution in [1.29, 1.82) is 0 Å². The number of halogens is 1. The number of hydrogen-bond donors (Lipinski definition) is 5. The maximum absolute atomic E-state index is 16.1. The van der Waals surface area contributed by atoms with Crippen LogP contribution in [0.1, 0.15) is 24.4 Å². The first kappa shape index (κ1) is 30.5. The number of H-pyrrole nitrogens is 1. The Morgan fingerprint density at radius 3 is 2.76 bits per heavy atom. The standard InChI is InChI=1S/C22H26FN10O9PS2/c1-8-4-32(17-12(8)16(24)26-6-27-17)21-13(23)15-11(40-21)3-29-45(36,37)42-10-2-9(5-38-43(35,44)41-15)39-20(10)33-7-28-14-18(33)30-22(25)31-19(14)34/h4,6-7,9-11,13,15,20-21,29H,2-3,5H2,1H3,(H,35,44)(H2,24,26,27)(H3,25,30,31,34)/t9-,10+,11+,13+,15+,20+,21+,43?/m0/s1. The van der Waals surface area contributed by atoms with E-state index < -0.39 is 72.2 Å². The van der Waals surface area contributed by atoms with Crippen molar-refractivity contribution < 1.29 is 40.4 Å². The van der Waals surface area contributed by atoms with E-state index in [9.17, 15) is 18.1 Å². The summed E-state index contributed by atoms with van der Waals surface area (Å²) in [5.74, 6) is -0.0220. The number of nitrogens with two attached hydrogens (primary N) is 2. The number of fused-ring (bicyclic) bond motifs is 5. The van der Waals surface area contributed by atoms with Crippen LogP contribution in [0.3, 0.4) is 0 Å². The van der Waals surface area contributed by atoms with Crippen molar-refractivity contribution in [1.82, 2.24) is 38.8 Å². The highest BCUT2D eigenvalue weighted by Crippen LogP contribution is 2.50. The molecular weight excluding hydrogens is 662 g/mol. The molecule has 8 atom stereocenters. The normalized spacial score (nSPS) is 33.9. The van der Waals surface area contributed by atoms with E-state index in [0.717, 1.165) is 0 Å². The summed E-state index contributed by atoms with van der Waals surface area (Å²) in [6.07, 6.45) is -5.55. The quantitative estimate of drug-likeness (QED) is 0.165. The highest BCUT2D eigenvalue weighted by atomic mass is 32.5. The molecule has 19 nitrogen and oxygen atoms in total. The summed E-state index contributed by atoms with van der Waals surface area (Å²) in [4.78, 5) is 41.9. The van der Waals surface area contributed by atoms with Crippen molar-refractivity contribution in [3.63, 3.8) is 0 Å². The molecule has 45 heavy (non-hydrogen) atoms. The molecule has 3 aliphatic rings. The van der Waals surface area contributed by atoms with Crippen LogP contribution in [0.5, 0.6) is 0 Å². The fourth-order valence-electron chi connectivity index (χ4n) is 5.73. The second-order valence-electron chi connectivity index (χ2n) is 10.6. The average molecular weight is 689 g/mol. The number of nitrogen functional groups attached to an aromatic ring is 2. The van der Waals surface area contributed by atoms with Gasteiger partial charge in [0.05, 0.1) is 24.4 Å². The summed E-state index contributed by atoms with van der Waals surface area (Å²) in [6, 6.07) is 0. The SMILES string of the molecule is Cc1cn([C@@H]2O[C@@H]3CNS(=O)(=O)O[C@@H]4C[C@@H](COP(O)(=S)O[C@H]3[C@H]2F)O[C@H]4n2cnc3c(=O)[nH]c(N)nc32)c2ncnc(N)c12. The van der Waals surface area contributed by atoms with E-state index in [-0.39, 0.29) is 41.6 Å². The fourth-order valence-corrected chi connectivity index (χ4v) is 8.12. The maximum Gasteiger partial charge on any atom is 0.336 e. The van der Waals surface area contributed by atoms with Crippen LogP contribution in [-0.4, -0.2) is 91.1 Å². The molecule has 0 aromatic carbocycles. The highest BCUT2D eigenvalue weighted by molar-refractivity contribution is 8.07. The minimum atomic E-state index is -4.55. The summed E-state index contributed by atoms with van der Waals surface area (Å²) in [5.41, 5.74) is 11.9. The number of alkyl halides is 1. The van der Waals surface area contributed by atoms with Crippen LogP contribution in [0, 0.1) is 6.92 Å². The molecule has 0 aliphatic carbocycles. The van der Waals surface area contributed by atoms with Crippen LogP contribution in [0.25, 0.3) is 22.2 Å². The Hall–Kier alpha value is -3.18. The Morgan fingerprint density at radius 1 is 1.16 bits per heavy atom. The second-order valence-corrected chi connectivity index (χ2v) is 14.8. The number of hydrogen-bond acceptors (Lipinski definition) is 15. The van der Waals surface area contributed by atoms with Crippen molar-refractivity contribution in [2.24, 2.45) is 0 Å². The topological polar surface area (TPSA) is 259 Å². The zero-order valence-corrected chi connectivity index (χ0v) is 25.6. The zero-order valence-electron chi connectivity index (χ0n) is 23.1. The first-order valence-electron chi connectivity index (χ1n) is 13.4. The molecule has 7 N–H and O–H groups in total. The van der Waals surface area contributed by atoms with Gasteiger partial charge in [-0.1, -0.05) is 0 Å². The van der Waals surface area contributed by atoms with Gasteiger partial charge in [-0.2, -0.15) is 18.1 Å². The van der Waals surface area contributed by atoms with Gasteiger partial charge in [0, 0.05) is 19.2 Å². The van der Waals surface area contributed by atoms with E-state index in [2.05, 4.69) is 29.6 Å². The molecule has 1 unspecified atom stereocenters. The van der Waals surface area contributed by atoms with Crippen LogP contribution in [-0.2, 0) is 44.8 Å². The third-order valence-corrected chi connectivity index (χ3v) is 10.2. The molecule has 7 heterocycles. The van der Waals surface area contributed by atoms with Gasteiger partial charge in [0.2, 0.25) is 5.95 Å². The van der Waals surface area contributed by atoms with Crippen LogP contribution in [0.2, 0.25) is 0 Å².